The van der Waals surface area contributed by atoms with Crippen LogP contribution in [0, 0.1) is 5.92 Å². The molecule has 4 heteroatoms. The minimum Gasteiger partial charge on any atom is -0.339 e. The first-order valence-electron chi connectivity index (χ1n) is 7.18. The number of nitrogens with one attached hydrogen (secondary N) is 1. The maximum Gasteiger partial charge on any atom is 0.239 e. The highest BCUT2D eigenvalue weighted by atomic mass is 16.2. The zero-order valence-electron chi connectivity index (χ0n) is 12.6. The second-order valence-corrected chi connectivity index (χ2v) is 5.94. The Balaban J connectivity index is 2.62. The van der Waals surface area contributed by atoms with Crippen LogP contribution in [0.1, 0.15) is 34.6 Å². The van der Waals surface area contributed by atoms with Gasteiger partial charge in [-0.15, -0.1) is 0 Å². The van der Waals surface area contributed by atoms with Crippen LogP contribution in [0.25, 0.3) is 0 Å². The van der Waals surface area contributed by atoms with Gasteiger partial charge in [-0.3, -0.25) is 9.69 Å². The van der Waals surface area contributed by atoms with Crippen molar-refractivity contribution in [1.82, 2.24) is 15.1 Å². The van der Waals surface area contributed by atoms with Crippen LogP contribution in [-0.2, 0) is 4.79 Å². The van der Waals surface area contributed by atoms with Crippen molar-refractivity contribution in [2.75, 3.05) is 32.7 Å². The van der Waals surface area contributed by atoms with Crippen molar-refractivity contribution in [2.24, 2.45) is 5.92 Å². The van der Waals surface area contributed by atoms with E-state index in [2.05, 4.69) is 37.9 Å². The zero-order valence-corrected chi connectivity index (χ0v) is 12.6. The monoisotopic (exact) mass is 255 g/mol. The molecule has 0 aromatic carbocycles. The van der Waals surface area contributed by atoms with Crippen molar-refractivity contribution in [3.63, 3.8) is 0 Å². The number of carbonyl (C=O) groups excluding carboxylic acids is 1. The van der Waals surface area contributed by atoms with E-state index in [1.54, 1.807) is 0 Å². The quantitative estimate of drug-likeness (QED) is 0.801. The minimum atomic E-state index is -0.00880. The molecule has 1 heterocycles. The standard InChI is InChI=1S/C14H29N3O/c1-11(2)10-17(12(3)4)13(5)14(18)16-8-6-15-7-9-16/h11-13,15H,6-10H2,1-5H3. The molecule has 0 radical (unpaired) electrons. The van der Waals surface area contributed by atoms with E-state index in [0.717, 1.165) is 32.7 Å². The maximum absolute atomic E-state index is 12.5. The molecule has 0 aromatic rings. The fourth-order valence-corrected chi connectivity index (χ4v) is 2.53. The number of nitrogens with zero attached hydrogens (tertiary/aromatic N) is 2. The molecule has 106 valence electrons. The van der Waals surface area contributed by atoms with Crippen LogP contribution in [0.4, 0.5) is 0 Å². The molecule has 0 aliphatic carbocycles. The highest BCUT2D eigenvalue weighted by molar-refractivity contribution is 5.81. The van der Waals surface area contributed by atoms with Crippen molar-refractivity contribution in [3.8, 4) is 0 Å². The summed E-state index contributed by atoms with van der Waals surface area (Å²) in [5, 5.41) is 3.29. The van der Waals surface area contributed by atoms with Gasteiger partial charge in [0.25, 0.3) is 0 Å². The van der Waals surface area contributed by atoms with Crippen molar-refractivity contribution in [1.29, 1.82) is 0 Å². The Morgan fingerprint density at radius 3 is 2.17 bits per heavy atom. The summed E-state index contributed by atoms with van der Waals surface area (Å²) in [6.45, 7) is 15.3. The van der Waals surface area contributed by atoms with Crippen LogP contribution in [0.15, 0.2) is 0 Å². The Morgan fingerprint density at radius 1 is 1.17 bits per heavy atom. The molecule has 0 bridgehead atoms. The van der Waals surface area contributed by atoms with Crippen molar-refractivity contribution >= 4 is 5.91 Å². The molecule has 0 aromatic heterocycles. The van der Waals surface area contributed by atoms with E-state index >= 15 is 0 Å². The van der Waals surface area contributed by atoms with Crippen LogP contribution in [0.5, 0.6) is 0 Å². The van der Waals surface area contributed by atoms with Crippen LogP contribution in [0.2, 0.25) is 0 Å². The van der Waals surface area contributed by atoms with Gasteiger partial charge in [0, 0.05) is 38.8 Å². The van der Waals surface area contributed by atoms with Gasteiger partial charge in [0.15, 0.2) is 0 Å². The summed E-state index contributed by atoms with van der Waals surface area (Å²) in [5.41, 5.74) is 0. The smallest absolute Gasteiger partial charge is 0.239 e. The van der Waals surface area contributed by atoms with Gasteiger partial charge in [-0.2, -0.15) is 0 Å². The van der Waals surface area contributed by atoms with E-state index in [-0.39, 0.29) is 11.9 Å². The molecule has 18 heavy (non-hydrogen) atoms. The van der Waals surface area contributed by atoms with Gasteiger partial charge in [0.2, 0.25) is 5.91 Å². The lowest BCUT2D eigenvalue weighted by molar-refractivity contribution is -0.138. The lowest BCUT2D eigenvalue weighted by Crippen LogP contribution is -2.55. The van der Waals surface area contributed by atoms with E-state index in [4.69, 9.17) is 0 Å². The fourth-order valence-electron chi connectivity index (χ4n) is 2.53. The SMILES string of the molecule is CC(C)CN(C(C)C)C(C)C(=O)N1CCNCC1. The van der Waals surface area contributed by atoms with Crippen molar-refractivity contribution in [2.45, 2.75) is 46.7 Å². The normalized spacial score (nSPS) is 18.8. The third-order valence-corrected chi connectivity index (χ3v) is 3.52. The first kappa shape index (κ1) is 15.4. The summed E-state index contributed by atoms with van der Waals surface area (Å²) in [7, 11) is 0. The lowest BCUT2D eigenvalue weighted by atomic mass is 10.1. The predicted molar refractivity (Wildman–Crippen MR) is 75.6 cm³/mol. The summed E-state index contributed by atoms with van der Waals surface area (Å²) < 4.78 is 0. The third kappa shape index (κ3) is 4.25. The van der Waals surface area contributed by atoms with Crippen LogP contribution in [0.3, 0.4) is 0 Å². The summed E-state index contributed by atoms with van der Waals surface area (Å²) >= 11 is 0. The summed E-state index contributed by atoms with van der Waals surface area (Å²) in [4.78, 5) is 16.8. The average Bonchev–Trinajstić information content (AvgIpc) is 2.34. The van der Waals surface area contributed by atoms with E-state index in [1.807, 2.05) is 11.8 Å². The Morgan fingerprint density at radius 2 is 1.72 bits per heavy atom. The van der Waals surface area contributed by atoms with Crippen LogP contribution in [-0.4, -0.2) is 60.5 Å². The zero-order chi connectivity index (χ0) is 13.7. The fraction of sp³-hybridized carbons (Fsp3) is 0.929. The van der Waals surface area contributed by atoms with Gasteiger partial charge in [0.05, 0.1) is 6.04 Å². The third-order valence-electron chi connectivity index (χ3n) is 3.52. The van der Waals surface area contributed by atoms with Crippen LogP contribution >= 0.6 is 0 Å². The average molecular weight is 255 g/mol. The molecule has 1 fully saturated rings. The van der Waals surface area contributed by atoms with Gasteiger partial charge in [0.1, 0.15) is 0 Å². The highest BCUT2D eigenvalue weighted by Crippen LogP contribution is 2.12. The number of carbonyl (C=O) groups is 1. The van der Waals surface area contributed by atoms with Gasteiger partial charge in [-0.05, 0) is 26.7 Å². The molecule has 1 amide bonds. The number of rotatable bonds is 5. The Hall–Kier alpha value is -0.610. The van der Waals surface area contributed by atoms with Gasteiger partial charge < -0.3 is 10.2 Å². The molecular weight excluding hydrogens is 226 g/mol. The molecule has 1 aliphatic heterocycles. The lowest BCUT2D eigenvalue weighted by Gasteiger charge is -2.37. The molecule has 4 nitrogen and oxygen atoms in total. The van der Waals surface area contributed by atoms with Gasteiger partial charge in [-0.1, -0.05) is 13.8 Å². The first-order valence-corrected chi connectivity index (χ1v) is 7.18. The van der Waals surface area contributed by atoms with E-state index < -0.39 is 0 Å². The van der Waals surface area contributed by atoms with Crippen molar-refractivity contribution < 1.29 is 4.79 Å². The Labute approximate surface area is 112 Å². The van der Waals surface area contributed by atoms with Gasteiger partial charge in [-0.25, -0.2) is 0 Å². The second kappa shape index (κ2) is 7.10. The largest absolute Gasteiger partial charge is 0.339 e. The molecule has 1 N–H and O–H groups in total. The maximum atomic E-state index is 12.5. The van der Waals surface area contributed by atoms with Crippen molar-refractivity contribution in [3.05, 3.63) is 0 Å². The molecule has 1 aliphatic rings. The first-order chi connectivity index (χ1) is 8.43. The predicted octanol–water partition coefficient (Wildman–Crippen LogP) is 1.17. The topological polar surface area (TPSA) is 35.6 Å². The number of piperazine rings is 1. The van der Waals surface area contributed by atoms with E-state index in [1.165, 1.54) is 0 Å². The summed E-state index contributed by atoms with van der Waals surface area (Å²) in [5.74, 6) is 0.872. The van der Waals surface area contributed by atoms with E-state index in [9.17, 15) is 4.79 Å². The van der Waals surface area contributed by atoms with Gasteiger partial charge >= 0.3 is 0 Å². The highest BCUT2D eigenvalue weighted by Gasteiger charge is 2.28. The molecule has 1 unspecified atom stereocenters. The Kier molecular flexibility index (Phi) is 6.09. The minimum absolute atomic E-state index is 0.00880. The number of amides is 1. The summed E-state index contributed by atoms with van der Waals surface area (Å²) in [6, 6.07) is 0.403. The number of hydrogen-bond acceptors (Lipinski definition) is 3. The molecular formula is C14H29N3O. The molecule has 1 saturated heterocycles. The molecule has 1 atom stereocenters. The van der Waals surface area contributed by atoms with Crippen LogP contribution < -0.4 is 5.32 Å². The molecule has 0 saturated carbocycles. The molecule has 0 spiro atoms. The Bertz CT molecular complexity index is 260. The summed E-state index contributed by atoms with van der Waals surface area (Å²) in [6.07, 6.45) is 0. The molecule has 1 rings (SSSR count). The number of hydrogen-bond donors (Lipinski definition) is 1. The second-order valence-electron chi connectivity index (χ2n) is 5.94. The van der Waals surface area contributed by atoms with E-state index in [0.29, 0.717) is 12.0 Å².